The molecule has 2 aromatic rings. The zero-order chi connectivity index (χ0) is 10.7. The van der Waals surface area contributed by atoms with Gasteiger partial charge in [0.15, 0.2) is 0 Å². The topological polar surface area (TPSA) is 52.3 Å². The molecule has 0 N–H and O–H groups in total. The van der Waals surface area contributed by atoms with E-state index in [1.807, 2.05) is 0 Å². The molecular formula is C11H9NO3. The van der Waals surface area contributed by atoms with E-state index in [9.17, 15) is 4.79 Å². The van der Waals surface area contributed by atoms with Gasteiger partial charge in [0.2, 0.25) is 5.78 Å². The molecule has 0 amide bonds. The van der Waals surface area contributed by atoms with Crippen molar-refractivity contribution in [3.63, 3.8) is 0 Å². The monoisotopic (exact) mass is 203 g/mol. The van der Waals surface area contributed by atoms with Crippen LogP contribution in [0.15, 0.2) is 41.1 Å². The first kappa shape index (κ1) is 9.45. The number of hydrogen-bond acceptors (Lipinski definition) is 4. The number of ketones is 1. The number of rotatable bonds is 3. The van der Waals surface area contributed by atoms with Crippen molar-refractivity contribution >= 4 is 5.78 Å². The Labute approximate surface area is 86.5 Å². The van der Waals surface area contributed by atoms with Gasteiger partial charge < -0.3 is 9.15 Å². The van der Waals surface area contributed by atoms with E-state index in [-0.39, 0.29) is 11.7 Å². The Bertz CT molecular complexity index is 462. The molecule has 1 heterocycles. The number of methoxy groups -OCH3 is 1. The molecule has 1 aromatic carbocycles. The van der Waals surface area contributed by atoms with E-state index in [4.69, 9.17) is 9.15 Å². The summed E-state index contributed by atoms with van der Waals surface area (Å²) in [6.45, 7) is 0. The van der Waals surface area contributed by atoms with Crippen LogP contribution in [0.3, 0.4) is 0 Å². The van der Waals surface area contributed by atoms with E-state index >= 15 is 0 Å². The summed E-state index contributed by atoms with van der Waals surface area (Å²) >= 11 is 0. The van der Waals surface area contributed by atoms with Crippen molar-refractivity contribution in [2.45, 2.75) is 0 Å². The maximum absolute atomic E-state index is 11.8. The molecule has 0 aliphatic heterocycles. The first-order chi connectivity index (χ1) is 7.31. The summed E-state index contributed by atoms with van der Waals surface area (Å²) in [6.07, 6.45) is 2.81. The predicted octanol–water partition coefficient (Wildman–Crippen LogP) is 1.91. The number of benzene rings is 1. The number of carbonyl (C=O) groups excluding carboxylic acids is 1. The van der Waals surface area contributed by atoms with Crippen LogP contribution in [0, 0.1) is 0 Å². The Kier molecular flexibility index (Phi) is 2.49. The molecule has 0 radical (unpaired) electrons. The molecule has 0 fully saturated rings. The molecular weight excluding hydrogens is 194 g/mol. The van der Waals surface area contributed by atoms with Crippen LogP contribution >= 0.6 is 0 Å². The van der Waals surface area contributed by atoms with E-state index in [0.717, 1.165) is 0 Å². The van der Waals surface area contributed by atoms with Gasteiger partial charge in [0.25, 0.3) is 5.89 Å². The van der Waals surface area contributed by atoms with E-state index in [0.29, 0.717) is 11.3 Å². The molecule has 1 aromatic heterocycles. The van der Waals surface area contributed by atoms with Gasteiger partial charge in [-0.3, -0.25) is 4.79 Å². The molecule has 2 rings (SSSR count). The lowest BCUT2D eigenvalue weighted by molar-refractivity contribution is 0.100. The lowest BCUT2D eigenvalue weighted by Gasteiger charge is -2.01. The van der Waals surface area contributed by atoms with Crippen LogP contribution in [-0.2, 0) is 0 Å². The summed E-state index contributed by atoms with van der Waals surface area (Å²) in [4.78, 5) is 15.6. The number of carbonyl (C=O) groups is 1. The molecule has 0 bridgehead atoms. The smallest absolute Gasteiger partial charge is 0.268 e. The normalized spacial score (nSPS) is 9.93. The van der Waals surface area contributed by atoms with Crippen LogP contribution < -0.4 is 4.74 Å². The maximum Gasteiger partial charge on any atom is 0.268 e. The largest absolute Gasteiger partial charge is 0.497 e. The highest BCUT2D eigenvalue weighted by molar-refractivity contribution is 6.06. The average molecular weight is 203 g/mol. The minimum atomic E-state index is -0.251. The number of aromatic nitrogens is 1. The van der Waals surface area contributed by atoms with Gasteiger partial charge in [0.1, 0.15) is 12.0 Å². The number of oxazole rings is 1. The molecule has 15 heavy (non-hydrogen) atoms. The second-order valence-electron chi connectivity index (χ2n) is 2.90. The van der Waals surface area contributed by atoms with E-state index in [2.05, 4.69) is 4.98 Å². The Morgan fingerprint density at radius 1 is 1.47 bits per heavy atom. The highest BCUT2D eigenvalue weighted by Gasteiger charge is 2.13. The zero-order valence-corrected chi connectivity index (χ0v) is 8.14. The zero-order valence-electron chi connectivity index (χ0n) is 8.14. The molecule has 0 aliphatic carbocycles. The molecule has 0 unspecified atom stereocenters. The van der Waals surface area contributed by atoms with Crippen molar-refractivity contribution in [3.05, 3.63) is 48.2 Å². The lowest BCUT2D eigenvalue weighted by atomic mass is 10.1. The van der Waals surface area contributed by atoms with Crippen molar-refractivity contribution in [1.82, 2.24) is 4.98 Å². The van der Waals surface area contributed by atoms with Gasteiger partial charge in [-0.15, -0.1) is 0 Å². The summed E-state index contributed by atoms with van der Waals surface area (Å²) in [5, 5.41) is 0. The third kappa shape index (κ3) is 1.88. The Morgan fingerprint density at radius 2 is 2.33 bits per heavy atom. The second-order valence-corrected chi connectivity index (χ2v) is 2.90. The molecule has 76 valence electrons. The summed E-state index contributed by atoms with van der Waals surface area (Å²) < 4.78 is 9.94. The standard InChI is InChI=1S/C11H9NO3/c1-14-9-4-2-3-8(7-9)10(13)11-12-5-6-15-11/h2-7H,1H3. The molecule has 0 atom stereocenters. The number of hydrogen-bond donors (Lipinski definition) is 0. The van der Waals surface area contributed by atoms with E-state index in [1.165, 1.54) is 12.5 Å². The van der Waals surface area contributed by atoms with Crippen molar-refractivity contribution in [1.29, 1.82) is 0 Å². The van der Waals surface area contributed by atoms with Gasteiger partial charge >= 0.3 is 0 Å². The minimum absolute atomic E-state index is 0.0863. The quantitative estimate of drug-likeness (QED) is 0.715. The van der Waals surface area contributed by atoms with E-state index in [1.54, 1.807) is 31.4 Å². The SMILES string of the molecule is COc1cccc(C(=O)c2ncco2)c1. The number of ether oxygens (including phenoxy) is 1. The summed E-state index contributed by atoms with van der Waals surface area (Å²) in [5.41, 5.74) is 0.497. The van der Waals surface area contributed by atoms with Crippen molar-refractivity contribution in [2.75, 3.05) is 7.11 Å². The predicted molar refractivity (Wildman–Crippen MR) is 52.9 cm³/mol. The minimum Gasteiger partial charge on any atom is -0.497 e. The van der Waals surface area contributed by atoms with E-state index < -0.39 is 0 Å². The second kappa shape index (κ2) is 3.96. The highest BCUT2D eigenvalue weighted by Crippen LogP contribution is 2.15. The van der Waals surface area contributed by atoms with Gasteiger partial charge in [-0.05, 0) is 12.1 Å². The fourth-order valence-corrected chi connectivity index (χ4v) is 1.22. The Hall–Kier alpha value is -2.10. The fourth-order valence-electron chi connectivity index (χ4n) is 1.22. The fraction of sp³-hybridized carbons (Fsp3) is 0.0909. The van der Waals surface area contributed by atoms with Crippen LogP contribution in [0.1, 0.15) is 16.2 Å². The summed E-state index contributed by atoms with van der Waals surface area (Å²) in [7, 11) is 1.55. The summed E-state index contributed by atoms with van der Waals surface area (Å²) in [5.74, 6) is 0.467. The van der Waals surface area contributed by atoms with Gasteiger partial charge in [0, 0.05) is 5.56 Å². The third-order valence-electron chi connectivity index (χ3n) is 1.96. The van der Waals surface area contributed by atoms with Crippen LogP contribution in [0.2, 0.25) is 0 Å². The first-order valence-electron chi connectivity index (χ1n) is 4.39. The van der Waals surface area contributed by atoms with Gasteiger partial charge in [-0.1, -0.05) is 12.1 Å². The van der Waals surface area contributed by atoms with Crippen molar-refractivity contribution < 1.29 is 13.9 Å². The summed E-state index contributed by atoms with van der Waals surface area (Å²) in [6, 6.07) is 6.85. The first-order valence-corrected chi connectivity index (χ1v) is 4.39. The Balaban J connectivity index is 2.34. The highest BCUT2D eigenvalue weighted by atomic mass is 16.5. The molecule has 4 heteroatoms. The lowest BCUT2D eigenvalue weighted by Crippen LogP contribution is -2.01. The maximum atomic E-state index is 11.8. The molecule has 0 aliphatic rings. The Morgan fingerprint density at radius 3 is 3.00 bits per heavy atom. The molecule has 0 spiro atoms. The van der Waals surface area contributed by atoms with Crippen molar-refractivity contribution in [2.24, 2.45) is 0 Å². The molecule has 0 saturated heterocycles. The van der Waals surface area contributed by atoms with Crippen LogP contribution in [0.25, 0.3) is 0 Å². The molecule has 0 saturated carbocycles. The van der Waals surface area contributed by atoms with Gasteiger partial charge in [-0.2, -0.15) is 0 Å². The third-order valence-corrected chi connectivity index (χ3v) is 1.96. The number of nitrogens with zero attached hydrogens (tertiary/aromatic N) is 1. The van der Waals surface area contributed by atoms with Crippen molar-refractivity contribution in [3.8, 4) is 5.75 Å². The van der Waals surface area contributed by atoms with Gasteiger partial charge in [-0.25, -0.2) is 4.98 Å². The van der Waals surface area contributed by atoms with Crippen LogP contribution in [0.4, 0.5) is 0 Å². The van der Waals surface area contributed by atoms with Gasteiger partial charge in [0.05, 0.1) is 13.3 Å². The van der Waals surface area contributed by atoms with Crippen LogP contribution in [-0.4, -0.2) is 17.9 Å². The van der Waals surface area contributed by atoms with Crippen LogP contribution in [0.5, 0.6) is 5.75 Å². The molecule has 4 nitrogen and oxygen atoms in total. The average Bonchev–Trinajstić information content (AvgIpc) is 2.81.